The fourth-order valence-electron chi connectivity index (χ4n) is 6.15. The Morgan fingerprint density at radius 2 is 1.60 bits per heavy atom. The zero-order valence-corrected chi connectivity index (χ0v) is 32.1. The van der Waals surface area contributed by atoms with Gasteiger partial charge in [-0.1, -0.05) is 17.7 Å². The summed E-state index contributed by atoms with van der Waals surface area (Å²) in [5, 5.41) is 3.34. The minimum atomic E-state index is -1.70. The number of likely N-dealkylation sites (tertiary alicyclic amines) is 2. The zero-order valence-electron chi connectivity index (χ0n) is 30.2. The van der Waals surface area contributed by atoms with E-state index < -0.39 is 41.1 Å². The van der Waals surface area contributed by atoms with Crippen LogP contribution in [0.5, 0.6) is 5.75 Å². The molecule has 2 aromatic rings. The number of ether oxygens (including phenoxy) is 3. The van der Waals surface area contributed by atoms with Gasteiger partial charge in [-0.3, -0.25) is 33.6 Å². The van der Waals surface area contributed by atoms with E-state index in [2.05, 4.69) is 21.8 Å². The molecule has 0 bridgehead atoms. The molecule has 2 heterocycles. The summed E-state index contributed by atoms with van der Waals surface area (Å²) in [7, 11) is 2.92. The largest absolute Gasteiger partial charge is 0.497 e. The molecule has 0 aliphatic carbocycles. The second-order valence-electron chi connectivity index (χ2n) is 12.7. The molecule has 17 heteroatoms. The molecule has 2 fully saturated rings. The summed E-state index contributed by atoms with van der Waals surface area (Å²) < 4.78 is 16.6. The molecule has 2 radical (unpaired) electrons. The van der Waals surface area contributed by atoms with Crippen molar-refractivity contribution >= 4 is 69.6 Å². The van der Waals surface area contributed by atoms with Crippen LogP contribution in [0.2, 0.25) is 5.02 Å². The van der Waals surface area contributed by atoms with Crippen LogP contribution in [0, 0.1) is 5.41 Å². The van der Waals surface area contributed by atoms with Crippen molar-refractivity contribution in [3.63, 3.8) is 0 Å². The average molecular weight is 768 g/mol. The molecule has 2 aliphatic rings. The summed E-state index contributed by atoms with van der Waals surface area (Å²) in [6.45, 7) is 2.97. The maximum Gasteiger partial charge on any atom is 0.327 e. The molecule has 5 amide bonds. The van der Waals surface area contributed by atoms with Crippen molar-refractivity contribution in [3.05, 3.63) is 64.7 Å². The number of rotatable bonds is 15. The maximum absolute atomic E-state index is 14.0. The standard InChI is InChI=1S/C36H44ClN5O10.Al/c1-5-51-34(48)36(35(49)52-6-2)21-42(22-36)33(47)28(40(3)32(46)23-10-12-27(50-4)13-11-23)14-15-29(43)38-19-30(44)41-17-16-26(20-41)39-31(45)24-8-7-9-25(37)18-24;/h7-13,18,26,28H,5-6,14-17,19-22H2,1-4H3,(H2,38,39,43,45);/q;+1/p-1/t26-,28+;/m1./s1. The number of benzene rings is 2. The number of esters is 2. The normalized spacial score (nSPS) is 16.4. The Morgan fingerprint density at radius 3 is 2.19 bits per heavy atom. The Bertz CT molecular complexity index is 1680. The second-order valence-corrected chi connectivity index (χ2v) is 13.8. The first kappa shape index (κ1) is 41.1. The third-order valence-electron chi connectivity index (χ3n) is 9.20. The number of likely N-dealkylation sites (N-methyl/N-ethyl adjacent to an activating group) is 1. The Labute approximate surface area is 321 Å². The lowest BCUT2D eigenvalue weighted by molar-refractivity contribution is -0.188. The quantitative estimate of drug-likeness (QED) is 0.159. The number of carbonyl (C=O) groups is 7. The number of amides is 5. The van der Waals surface area contributed by atoms with E-state index in [0.717, 1.165) is 0 Å². The van der Waals surface area contributed by atoms with Crippen LogP contribution < -0.4 is 10.1 Å². The van der Waals surface area contributed by atoms with Gasteiger partial charge in [0.05, 0.1) is 26.9 Å². The van der Waals surface area contributed by atoms with Crippen molar-refractivity contribution in [1.29, 1.82) is 0 Å². The maximum atomic E-state index is 14.0. The number of carbonyl (C=O) groups excluding carboxylic acids is 7. The fourth-order valence-corrected chi connectivity index (χ4v) is 6.63. The van der Waals surface area contributed by atoms with Crippen LogP contribution in [0.1, 0.15) is 53.8 Å². The number of nitrogens with zero attached hydrogens (tertiary/aromatic N) is 4. The zero-order chi connectivity index (χ0) is 38.9. The molecule has 2 saturated heterocycles. The van der Waals surface area contributed by atoms with E-state index in [1.165, 1.54) is 27.8 Å². The molecule has 53 heavy (non-hydrogen) atoms. The van der Waals surface area contributed by atoms with Crippen LogP contribution in [0.15, 0.2) is 48.5 Å². The van der Waals surface area contributed by atoms with Crippen LogP contribution in [0.3, 0.4) is 0 Å². The van der Waals surface area contributed by atoms with Gasteiger partial charge in [0.25, 0.3) is 11.8 Å². The Morgan fingerprint density at radius 1 is 0.962 bits per heavy atom. The minimum Gasteiger partial charge on any atom is -0.497 e. The summed E-state index contributed by atoms with van der Waals surface area (Å²) >= 11 is 8.23. The Balaban J connectivity index is 1.40. The van der Waals surface area contributed by atoms with E-state index in [4.69, 9.17) is 25.8 Å². The average Bonchev–Trinajstić information content (AvgIpc) is 3.59. The molecule has 0 spiro atoms. The van der Waals surface area contributed by atoms with E-state index >= 15 is 0 Å². The van der Waals surface area contributed by atoms with Gasteiger partial charge in [-0.25, -0.2) is 0 Å². The summed E-state index contributed by atoms with van der Waals surface area (Å²) in [5.41, 5.74) is -1.03. The molecule has 0 aromatic heterocycles. The molecule has 0 unspecified atom stereocenters. The van der Waals surface area contributed by atoms with E-state index in [-0.39, 0.29) is 75.7 Å². The number of halogens is 1. The lowest BCUT2D eigenvalue weighted by Gasteiger charge is -2.47. The molecule has 0 saturated carbocycles. The first-order valence-electron chi connectivity index (χ1n) is 17.2. The molecule has 2 atom stereocenters. The number of methoxy groups -OCH3 is 1. The summed E-state index contributed by atoms with van der Waals surface area (Å²) in [4.78, 5) is 96.4. The van der Waals surface area contributed by atoms with E-state index in [9.17, 15) is 33.6 Å². The lowest BCUT2D eigenvalue weighted by Crippen LogP contribution is -2.69. The number of hydrogen-bond donors (Lipinski definition) is 1. The van der Waals surface area contributed by atoms with Gasteiger partial charge in [-0.2, -0.15) is 0 Å². The highest BCUT2D eigenvalue weighted by molar-refractivity contribution is 6.31. The van der Waals surface area contributed by atoms with Crippen LogP contribution in [-0.4, -0.2) is 149 Å². The molecule has 15 nitrogen and oxygen atoms in total. The third-order valence-corrected chi connectivity index (χ3v) is 9.90. The Kier molecular flexibility index (Phi) is 14.3. The van der Waals surface area contributed by atoms with Gasteiger partial charge in [0.2, 0.25) is 11.8 Å². The topological polar surface area (TPSA) is 172 Å². The van der Waals surface area contributed by atoms with E-state index in [1.807, 2.05) is 0 Å². The van der Waals surface area contributed by atoms with Crippen LogP contribution in [0.25, 0.3) is 0 Å². The first-order valence-corrected chi connectivity index (χ1v) is 18.1. The lowest BCUT2D eigenvalue weighted by atomic mass is 9.79. The van der Waals surface area contributed by atoms with Gasteiger partial charge in [-0.15, -0.1) is 0 Å². The number of nitrogens with one attached hydrogen (secondary N) is 1. The van der Waals surface area contributed by atoms with Gasteiger partial charge < -0.3 is 38.1 Å². The highest BCUT2D eigenvalue weighted by atomic mass is 35.5. The second kappa shape index (κ2) is 18.4. The van der Waals surface area contributed by atoms with Crippen LogP contribution in [0.4, 0.5) is 0 Å². The monoisotopic (exact) mass is 767 g/mol. The molecule has 2 aliphatic heterocycles. The third kappa shape index (κ3) is 9.87. The van der Waals surface area contributed by atoms with Crippen molar-refractivity contribution in [2.24, 2.45) is 5.41 Å². The molecule has 282 valence electrons. The van der Waals surface area contributed by atoms with Gasteiger partial charge in [-0.05, 0) is 69.2 Å². The van der Waals surface area contributed by atoms with E-state index in [0.29, 0.717) is 29.3 Å². The summed E-state index contributed by atoms with van der Waals surface area (Å²) in [5.74, 6) is -3.31. The van der Waals surface area contributed by atoms with Gasteiger partial charge in [0, 0.05) is 61.8 Å². The summed E-state index contributed by atoms with van der Waals surface area (Å²) in [6, 6.07) is 11.4. The highest BCUT2D eigenvalue weighted by Crippen LogP contribution is 2.35. The first-order chi connectivity index (χ1) is 25.2. The van der Waals surface area contributed by atoms with Crippen LogP contribution in [-0.2, 0) is 33.4 Å². The van der Waals surface area contributed by atoms with Crippen molar-refractivity contribution < 1.29 is 47.8 Å². The molecule has 4 rings (SSSR count). The summed E-state index contributed by atoms with van der Waals surface area (Å²) in [6.07, 6.45) is 0.185. The Hall–Kier alpha value is -4.65. The SMILES string of the molecule is CCOC(=O)C1(C(=O)OCC)CN(C(=O)[C@H](CCC(=O)[N]([Al])CC(=O)N2CC[C@@H](NC(=O)c3cccc(Cl)c3)C2)N(C)C(=O)c2ccc(OC)cc2)C1. The molecule has 2 aromatic carbocycles. The molecular formula is C36H43AlClN5O10. The minimum absolute atomic E-state index is 0.0185. The predicted molar refractivity (Wildman–Crippen MR) is 192 cm³/mol. The van der Waals surface area contributed by atoms with Crippen LogP contribution >= 0.6 is 11.6 Å². The smallest absolute Gasteiger partial charge is 0.327 e. The van der Waals surface area contributed by atoms with Gasteiger partial charge in [0.1, 0.15) is 11.8 Å². The van der Waals surface area contributed by atoms with Crippen molar-refractivity contribution in [2.75, 3.05) is 60.1 Å². The predicted octanol–water partition coefficient (Wildman–Crippen LogP) is 1.47. The molecular weight excluding hydrogens is 725 g/mol. The van der Waals surface area contributed by atoms with Crippen molar-refractivity contribution in [3.8, 4) is 5.75 Å². The van der Waals surface area contributed by atoms with E-state index in [1.54, 1.807) is 67.3 Å². The molecule has 1 N–H and O–H groups in total. The van der Waals surface area contributed by atoms with Gasteiger partial charge >= 0.3 is 28.4 Å². The number of hydrogen-bond acceptors (Lipinski definition) is 10. The van der Waals surface area contributed by atoms with Crippen molar-refractivity contribution in [1.82, 2.24) is 23.9 Å². The van der Waals surface area contributed by atoms with Crippen molar-refractivity contribution in [2.45, 2.75) is 45.2 Å². The van der Waals surface area contributed by atoms with Gasteiger partial charge in [0.15, 0.2) is 11.3 Å². The highest BCUT2D eigenvalue weighted by Gasteiger charge is 2.60. The fraction of sp³-hybridized carbons (Fsp3) is 0.472.